The predicted molar refractivity (Wildman–Crippen MR) is 72.2 cm³/mol. The van der Waals surface area contributed by atoms with E-state index in [0.717, 1.165) is 0 Å². The minimum Gasteiger partial charge on any atom is -0.405 e. The van der Waals surface area contributed by atoms with Crippen LogP contribution in [0.15, 0.2) is 0 Å². The molecule has 12 heteroatoms. The van der Waals surface area contributed by atoms with Gasteiger partial charge in [-0.3, -0.25) is 0 Å². The number of aliphatic hydroxyl groups excluding tert-OH is 2. The largest absolute Gasteiger partial charge is 0.488 e. The standard InChI is InChI=1S/C12H16B2O10/c15-5-7-3-1-17-11(19-3)9(5)23-13(21-7)14-22-8-4-2-18-12(20-4)10(24-14)6(8)16/h3-12,15-16H,1-2H2/t3-,4?,5+,6+,7?,8?,9?,10?,11-,12-/m1/s1. The van der Waals surface area contributed by atoms with Gasteiger partial charge in [0.25, 0.3) is 0 Å². The monoisotopic (exact) mass is 342 g/mol. The zero-order chi connectivity index (χ0) is 16.0. The maximum Gasteiger partial charge on any atom is 0.488 e. The van der Waals surface area contributed by atoms with E-state index in [9.17, 15) is 10.2 Å². The van der Waals surface area contributed by atoms with Crippen LogP contribution in [0.25, 0.3) is 0 Å². The van der Waals surface area contributed by atoms with Gasteiger partial charge in [-0.2, -0.15) is 0 Å². The van der Waals surface area contributed by atoms with Crippen molar-refractivity contribution in [2.45, 2.75) is 61.4 Å². The van der Waals surface area contributed by atoms with Gasteiger partial charge in [0.2, 0.25) is 0 Å². The molecule has 10 atom stereocenters. The molecule has 24 heavy (non-hydrogen) atoms. The van der Waals surface area contributed by atoms with E-state index in [1.165, 1.54) is 0 Å². The molecule has 0 radical (unpaired) electrons. The van der Waals surface area contributed by atoms with Crippen LogP contribution in [0, 0.1) is 0 Å². The molecule has 10 nitrogen and oxygen atoms in total. The van der Waals surface area contributed by atoms with Crippen LogP contribution in [0.3, 0.4) is 0 Å². The molecule has 0 spiro atoms. The molecule has 6 fully saturated rings. The normalized spacial score (nSPS) is 58.2. The second-order valence-electron chi connectivity index (χ2n) is 6.87. The molecule has 0 aromatic rings. The van der Waals surface area contributed by atoms with Crippen molar-refractivity contribution >= 4 is 14.0 Å². The van der Waals surface area contributed by atoms with Crippen LogP contribution in [0.2, 0.25) is 0 Å². The lowest BCUT2D eigenvalue weighted by Crippen LogP contribution is -2.71. The molecule has 0 aromatic heterocycles. The molecule has 0 aromatic carbocycles. The summed E-state index contributed by atoms with van der Waals surface area (Å²) in [5, 5.41) is 20.6. The number of hydrogen-bond donors (Lipinski definition) is 2. The van der Waals surface area contributed by atoms with Gasteiger partial charge < -0.3 is 47.8 Å². The van der Waals surface area contributed by atoms with Gasteiger partial charge in [0.1, 0.15) is 36.6 Å². The summed E-state index contributed by atoms with van der Waals surface area (Å²) in [6.07, 6.45) is -6.08. The third-order valence-electron chi connectivity index (χ3n) is 5.47. The van der Waals surface area contributed by atoms with Crippen LogP contribution in [0.4, 0.5) is 0 Å². The highest BCUT2D eigenvalue weighted by atomic mass is 16.8. The summed E-state index contributed by atoms with van der Waals surface area (Å²) in [6, 6.07) is 0. The van der Waals surface area contributed by atoms with Gasteiger partial charge >= 0.3 is 14.0 Å². The number of hydrogen-bond acceptors (Lipinski definition) is 10. The molecule has 6 rings (SSSR count). The molecular weight excluding hydrogens is 326 g/mol. The Morgan fingerprint density at radius 2 is 1.04 bits per heavy atom. The average molecular weight is 342 g/mol. The third kappa shape index (κ3) is 1.92. The summed E-state index contributed by atoms with van der Waals surface area (Å²) < 4.78 is 45.5. The smallest absolute Gasteiger partial charge is 0.405 e. The van der Waals surface area contributed by atoms with Gasteiger partial charge in [-0.25, -0.2) is 0 Å². The number of rotatable bonds is 1. The van der Waals surface area contributed by atoms with Gasteiger partial charge in [-0.1, -0.05) is 0 Å². The quantitative estimate of drug-likeness (QED) is 0.474. The molecule has 6 saturated heterocycles. The second kappa shape index (κ2) is 5.13. The van der Waals surface area contributed by atoms with Crippen LogP contribution in [-0.2, 0) is 37.6 Å². The van der Waals surface area contributed by atoms with Crippen molar-refractivity contribution in [1.82, 2.24) is 0 Å². The fourth-order valence-electron chi connectivity index (χ4n) is 4.27. The first kappa shape index (κ1) is 14.9. The Morgan fingerprint density at radius 3 is 1.50 bits per heavy atom. The van der Waals surface area contributed by atoms with E-state index < -0.39 is 63.2 Å². The average Bonchev–Trinajstić information content (AvgIpc) is 3.20. The number of ether oxygens (including phenoxy) is 4. The van der Waals surface area contributed by atoms with Crippen molar-refractivity contribution in [1.29, 1.82) is 0 Å². The third-order valence-corrected chi connectivity index (χ3v) is 5.47. The molecule has 6 heterocycles. The molecular formula is C12H16B2O10. The van der Waals surface area contributed by atoms with E-state index in [2.05, 4.69) is 0 Å². The Kier molecular flexibility index (Phi) is 3.18. The van der Waals surface area contributed by atoms with E-state index in [0.29, 0.717) is 13.2 Å². The molecule has 8 bridgehead atoms. The SMILES string of the molecule is O[C@@H]1C2OB(B3OC4C5CO[C@H](O5)C(O3)[C@H]4O)OC1[C@H]1CO[C@@H]2O1. The zero-order valence-corrected chi connectivity index (χ0v) is 12.5. The Morgan fingerprint density at radius 1 is 0.625 bits per heavy atom. The lowest BCUT2D eigenvalue weighted by atomic mass is 9.46. The molecule has 0 aliphatic carbocycles. The minimum atomic E-state index is -0.853. The number of aliphatic hydroxyl groups is 2. The molecule has 6 aliphatic heterocycles. The summed E-state index contributed by atoms with van der Waals surface area (Å²) >= 11 is 0. The topological polar surface area (TPSA) is 114 Å². The first-order valence-electron chi connectivity index (χ1n) is 8.21. The molecule has 5 unspecified atom stereocenters. The van der Waals surface area contributed by atoms with Gasteiger partial charge in [0.05, 0.1) is 25.4 Å². The van der Waals surface area contributed by atoms with Crippen molar-refractivity contribution in [3.05, 3.63) is 0 Å². The van der Waals surface area contributed by atoms with Gasteiger partial charge in [-0.15, -0.1) is 0 Å². The van der Waals surface area contributed by atoms with Crippen molar-refractivity contribution in [3.63, 3.8) is 0 Å². The molecule has 130 valence electrons. The van der Waals surface area contributed by atoms with Gasteiger partial charge in [0.15, 0.2) is 12.6 Å². The summed E-state index contributed by atoms with van der Waals surface area (Å²) in [7, 11) is -1.71. The van der Waals surface area contributed by atoms with Crippen LogP contribution in [0.1, 0.15) is 0 Å². The minimum absolute atomic E-state index is 0.343. The van der Waals surface area contributed by atoms with E-state index in [1.54, 1.807) is 0 Å². The maximum absolute atomic E-state index is 10.3. The summed E-state index contributed by atoms with van der Waals surface area (Å²) in [4.78, 5) is 0. The molecule has 6 aliphatic rings. The van der Waals surface area contributed by atoms with Crippen LogP contribution < -0.4 is 0 Å². The van der Waals surface area contributed by atoms with Crippen LogP contribution in [-0.4, -0.2) is 98.9 Å². The van der Waals surface area contributed by atoms with Crippen LogP contribution in [0.5, 0.6) is 0 Å². The summed E-state index contributed by atoms with van der Waals surface area (Å²) in [5.74, 6) is 0. The van der Waals surface area contributed by atoms with Crippen molar-refractivity contribution in [3.8, 4) is 0 Å². The summed E-state index contributed by atoms with van der Waals surface area (Å²) in [5.41, 5.74) is 0. The molecule has 2 N–H and O–H groups in total. The van der Waals surface area contributed by atoms with Crippen molar-refractivity contribution < 1.29 is 47.8 Å². The van der Waals surface area contributed by atoms with E-state index in [1.807, 2.05) is 0 Å². The fourth-order valence-corrected chi connectivity index (χ4v) is 4.27. The first-order chi connectivity index (χ1) is 11.7. The highest BCUT2D eigenvalue weighted by Crippen LogP contribution is 2.40. The van der Waals surface area contributed by atoms with E-state index >= 15 is 0 Å². The van der Waals surface area contributed by atoms with Gasteiger partial charge in [0, 0.05) is 0 Å². The first-order valence-corrected chi connectivity index (χ1v) is 8.21. The number of fused-ring (bicyclic) bond motifs is 12. The lowest BCUT2D eigenvalue weighted by Gasteiger charge is -2.48. The maximum atomic E-state index is 10.3. The zero-order valence-electron chi connectivity index (χ0n) is 12.5. The fraction of sp³-hybridized carbons (Fsp3) is 1.00. The van der Waals surface area contributed by atoms with Crippen molar-refractivity contribution in [2.24, 2.45) is 0 Å². The lowest BCUT2D eigenvalue weighted by molar-refractivity contribution is -0.253. The van der Waals surface area contributed by atoms with Gasteiger partial charge in [-0.05, 0) is 0 Å². The highest BCUT2D eigenvalue weighted by Gasteiger charge is 2.64. The molecule has 0 amide bonds. The Labute approximate surface area is 137 Å². The Bertz CT molecular complexity index is 454. The van der Waals surface area contributed by atoms with E-state index in [-0.39, 0.29) is 12.2 Å². The van der Waals surface area contributed by atoms with Crippen molar-refractivity contribution in [2.75, 3.05) is 13.2 Å². The second-order valence-corrected chi connectivity index (χ2v) is 6.87. The van der Waals surface area contributed by atoms with Crippen LogP contribution >= 0.6 is 0 Å². The van der Waals surface area contributed by atoms with E-state index in [4.69, 9.17) is 37.6 Å². The highest BCUT2D eigenvalue weighted by molar-refractivity contribution is 7.10. The molecule has 0 saturated carbocycles. The Hall–Kier alpha value is -0.270. The summed E-state index contributed by atoms with van der Waals surface area (Å²) in [6.45, 7) is 0.697. The Balaban J connectivity index is 1.25. The predicted octanol–water partition coefficient (Wildman–Crippen LogP) is -3.16.